The topological polar surface area (TPSA) is 38.3 Å². The number of carbonyl (C=O) groups is 1. The molecule has 116 valence electrons. The van der Waals surface area contributed by atoms with Crippen LogP contribution >= 0.6 is 38.5 Å². The molecule has 1 amide bonds. The molecule has 0 saturated heterocycles. The van der Waals surface area contributed by atoms with Gasteiger partial charge in [0.05, 0.1) is 0 Å². The van der Waals surface area contributed by atoms with E-state index in [1.54, 1.807) is 0 Å². The van der Waals surface area contributed by atoms with Crippen LogP contribution in [0.5, 0.6) is 5.75 Å². The summed E-state index contributed by atoms with van der Waals surface area (Å²) in [5.74, 6) is 0.601. The van der Waals surface area contributed by atoms with Crippen molar-refractivity contribution in [3.05, 3.63) is 55.1 Å². The lowest BCUT2D eigenvalue weighted by Gasteiger charge is -2.13. The van der Waals surface area contributed by atoms with E-state index in [-0.39, 0.29) is 12.5 Å². The molecular weight excluding hydrogens is 457 g/mol. The van der Waals surface area contributed by atoms with Crippen LogP contribution in [0.15, 0.2) is 34.8 Å². The van der Waals surface area contributed by atoms with E-state index in [4.69, 9.17) is 4.74 Å². The van der Waals surface area contributed by atoms with Gasteiger partial charge in [-0.15, -0.1) is 0 Å². The van der Waals surface area contributed by atoms with Gasteiger partial charge in [0.2, 0.25) is 0 Å². The van der Waals surface area contributed by atoms with Crippen LogP contribution in [0.2, 0.25) is 0 Å². The number of ether oxygens (including phenoxy) is 1. The number of benzene rings is 2. The molecule has 0 aliphatic carbocycles. The molecule has 2 aromatic carbocycles. The standard InChI is InChI=1S/C17H17BrINO2/c1-10-8-14(19)4-5-15(10)20-16(21)9-22-17-11(2)6-13(18)7-12(17)3/h4-8H,9H2,1-3H3,(H,20,21). The van der Waals surface area contributed by atoms with Crippen LogP contribution in [-0.4, -0.2) is 12.5 Å². The second kappa shape index (κ2) is 7.46. The van der Waals surface area contributed by atoms with Crippen LogP contribution in [0.25, 0.3) is 0 Å². The lowest BCUT2D eigenvalue weighted by molar-refractivity contribution is -0.118. The monoisotopic (exact) mass is 473 g/mol. The van der Waals surface area contributed by atoms with Gasteiger partial charge >= 0.3 is 0 Å². The highest BCUT2D eigenvalue weighted by Gasteiger charge is 2.10. The third-order valence-electron chi connectivity index (χ3n) is 3.24. The summed E-state index contributed by atoms with van der Waals surface area (Å²) in [7, 11) is 0. The summed E-state index contributed by atoms with van der Waals surface area (Å²) >= 11 is 5.70. The Bertz CT molecular complexity index is 693. The molecule has 0 aliphatic rings. The molecule has 0 spiro atoms. The van der Waals surface area contributed by atoms with Gasteiger partial charge in [0.1, 0.15) is 5.75 Å². The second-order valence-corrected chi connectivity index (χ2v) is 7.33. The number of carbonyl (C=O) groups excluding carboxylic acids is 1. The fraction of sp³-hybridized carbons (Fsp3) is 0.235. The predicted molar refractivity (Wildman–Crippen MR) is 102 cm³/mol. The second-order valence-electron chi connectivity index (χ2n) is 5.16. The maximum atomic E-state index is 12.1. The molecule has 0 atom stereocenters. The first kappa shape index (κ1) is 17.3. The first-order valence-electron chi connectivity index (χ1n) is 6.82. The van der Waals surface area contributed by atoms with Crippen molar-refractivity contribution in [2.75, 3.05) is 11.9 Å². The van der Waals surface area contributed by atoms with E-state index in [9.17, 15) is 4.79 Å². The van der Waals surface area contributed by atoms with Crippen molar-refractivity contribution in [3.63, 3.8) is 0 Å². The molecule has 0 aliphatic heterocycles. The van der Waals surface area contributed by atoms with Crippen molar-refractivity contribution in [3.8, 4) is 5.75 Å². The van der Waals surface area contributed by atoms with Crippen molar-refractivity contribution in [1.82, 2.24) is 0 Å². The normalized spacial score (nSPS) is 10.4. The highest BCUT2D eigenvalue weighted by Crippen LogP contribution is 2.27. The van der Waals surface area contributed by atoms with Gasteiger partial charge in [0, 0.05) is 13.7 Å². The van der Waals surface area contributed by atoms with Crippen LogP contribution in [-0.2, 0) is 4.79 Å². The van der Waals surface area contributed by atoms with Gasteiger partial charge in [-0.3, -0.25) is 4.79 Å². The van der Waals surface area contributed by atoms with Gasteiger partial charge in [-0.05, 0) is 90.4 Å². The Morgan fingerprint density at radius 1 is 1.14 bits per heavy atom. The summed E-state index contributed by atoms with van der Waals surface area (Å²) in [5, 5.41) is 2.88. The predicted octanol–water partition coefficient (Wildman–Crippen LogP) is 5.00. The number of hydrogen-bond donors (Lipinski definition) is 1. The number of halogens is 2. The van der Waals surface area contributed by atoms with Gasteiger partial charge in [-0.1, -0.05) is 15.9 Å². The number of nitrogens with one attached hydrogen (secondary N) is 1. The molecule has 1 N–H and O–H groups in total. The summed E-state index contributed by atoms with van der Waals surface area (Å²) in [5.41, 5.74) is 3.87. The first-order valence-corrected chi connectivity index (χ1v) is 8.69. The maximum Gasteiger partial charge on any atom is 0.262 e. The molecule has 0 saturated carbocycles. The third kappa shape index (κ3) is 4.46. The SMILES string of the molecule is Cc1cc(I)ccc1NC(=O)COc1c(C)cc(Br)cc1C. The molecular formula is C17H17BrINO2. The van der Waals surface area contributed by atoms with Gasteiger partial charge < -0.3 is 10.1 Å². The summed E-state index contributed by atoms with van der Waals surface area (Å²) < 4.78 is 7.84. The molecule has 0 fully saturated rings. The van der Waals surface area contributed by atoms with Gasteiger partial charge in [0.25, 0.3) is 5.91 Å². The fourth-order valence-corrected chi connectivity index (χ4v) is 3.55. The Kier molecular flexibility index (Phi) is 5.86. The van der Waals surface area contributed by atoms with Crippen LogP contribution in [0, 0.1) is 24.3 Å². The smallest absolute Gasteiger partial charge is 0.262 e. The first-order chi connectivity index (χ1) is 10.4. The molecule has 0 bridgehead atoms. The number of amides is 1. The highest BCUT2D eigenvalue weighted by molar-refractivity contribution is 14.1. The Morgan fingerprint density at radius 3 is 2.36 bits per heavy atom. The lowest BCUT2D eigenvalue weighted by Crippen LogP contribution is -2.21. The van der Waals surface area contributed by atoms with E-state index >= 15 is 0 Å². The molecule has 5 heteroatoms. The molecule has 22 heavy (non-hydrogen) atoms. The minimum atomic E-state index is -0.161. The largest absolute Gasteiger partial charge is 0.483 e. The molecule has 0 heterocycles. The average Bonchev–Trinajstić information content (AvgIpc) is 2.40. The van der Waals surface area contributed by atoms with E-state index in [1.165, 1.54) is 0 Å². The number of hydrogen-bond acceptors (Lipinski definition) is 2. The van der Waals surface area contributed by atoms with Crippen molar-refractivity contribution >= 4 is 50.1 Å². The summed E-state index contributed by atoms with van der Waals surface area (Å²) in [6.07, 6.45) is 0. The van der Waals surface area contributed by atoms with Gasteiger partial charge in [0.15, 0.2) is 6.61 Å². The molecule has 2 rings (SSSR count). The van der Waals surface area contributed by atoms with Crippen LogP contribution in [0.1, 0.15) is 16.7 Å². The molecule has 0 unspecified atom stereocenters. The number of rotatable bonds is 4. The molecule has 3 nitrogen and oxygen atoms in total. The average molecular weight is 474 g/mol. The Hall–Kier alpha value is -1.08. The van der Waals surface area contributed by atoms with E-state index in [0.717, 1.165) is 36.2 Å². The van der Waals surface area contributed by atoms with Crippen molar-refractivity contribution in [2.24, 2.45) is 0 Å². The quantitative estimate of drug-likeness (QED) is 0.635. The van der Waals surface area contributed by atoms with Crippen molar-refractivity contribution in [1.29, 1.82) is 0 Å². The lowest BCUT2D eigenvalue weighted by atomic mass is 10.1. The van der Waals surface area contributed by atoms with Gasteiger partial charge in [-0.25, -0.2) is 0 Å². The highest BCUT2D eigenvalue weighted by atomic mass is 127. The number of anilines is 1. The zero-order valence-electron chi connectivity index (χ0n) is 12.7. The molecule has 0 radical (unpaired) electrons. The van der Waals surface area contributed by atoms with Crippen molar-refractivity contribution < 1.29 is 9.53 Å². The summed E-state index contributed by atoms with van der Waals surface area (Å²) in [4.78, 5) is 12.1. The molecule has 2 aromatic rings. The Morgan fingerprint density at radius 2 is 1.77 bits per heavy atom. The van der Waals surface area contributed by atoms with E-state index in [1.807, 2.05) is 51.1 Å². The van der Waals surface area contributed by atoms with Crippen LogP contribution in [0.4, 0.5) is 5.69 Å². The Labute approximate surface area is 152 Å². The summed E-state index contributed by atoms with van der Waals surface area (Å²) in [6, 6.07) is 9.85. The minimum Gasteiger partial charge on any atom is -0.483 e. The Balaban J connectivity index is 2.02. The number of aryl methyl sites for hydroxylation is 3. The third-order valence-corrected chi connectivity index (χ3v) is 4.36. The van der Waals surface area contributed by atoms with E-state index in [0.29, 0.717) is 0 Å². The van der Waals surface area contributed by atoms with Crippen LogP contribution in [0.3, 0.4) is 0 Å². The van der Waals surface area contributed by atoms with Gasteiger partial charge in [-0.2, -0.15) is 0 Å². The maximum absolute atomic E-state index is 12.1. The summed E-state index contributed by atoms with van der Waals surface area (Å²) in [6.45, 7) is 5.90. The zero-order valence-corrected chi connectivity index (χ0v) is 16.4. The zero-order chi connectivity index (χ0) is 16.3. The minimum absolute atomic E-state index is 0.00522. The van der Waals surface area contributed by atoms with E-state index < -0.39 is 0 Å². The van der Waals surface area contributed by atoms with Crippen molar-refractivity contribution in [2.45, 2.75) is 20.8 Å². The van der Waals surface area contributed by atoms with Crippen LogP contribution < -0.4 is 10.1 Å². The van der Waals surface area contributed by atoms with E-state index in [2.05, 4.69) is 43.8 Å². The fourth-order valence-electron chi connectivity index (χ4n) is 2.22. The molecule has 0 aromatic heterocycles.